The average molecular weight is 219 g/mol. The van der Waals surface area contributed by atoms with Gasteiger partial charge in [-0.25, -0.2) is 0 Å². The molecule has 16 heavy (non-hydrogen) atoms. The highest BCUT2D eigenvalue weighted by Gasteiger charge is 2.38. The van der Waals surface area contributed by atoms with Crippen LogP contribution >= 0.6 is 0 Å². The second kappa shape index (κ2) is 4.88. The molecule has 0 unspecified atom stereocenters. The van der Waals surface area contributed by atoms with E-state index in [1.54, 1.807) is 0 Å². The Morgan fingerprint density at radius 1 is 1.38 bits per heavy atom. The molecule has 1 aromatic carbocycles. The molecule has 2 N–H and O–H groups in total. The second-order valence-electron chi connectivity index (χ2n) is 5.08. The molecule has 2 nitrogen and oxygen atoms in total. The Kier molecular flexibility index (Phi) is 3.49. The van der Waals surface area contributed by atoms with Gasteiger partial charge in [0.2, 0.25) is 0 Å². The summed E-state index contributed by atoms with van der Waals surface area (Å²) in [5.74, 6) is 2.92. The van der Waals surface area contributed by atoms with Crippen LogP contribution in [0.5, 0.6) is 5.75 Å². The third-order valence-electron chi connectivity index (χ3n) is 3.12. The van der Waals surface area contributed by atoms with Gasteiger partial charge in [0.15, 0.2) is 0 Å². The number of nitrogens with two attached hydrogens (primary N) is 1. The third kappa shape index (κ3) is 2.56. The quantitative estimate of drug-likeness (QED) is 0.826. The summed E-state index contributed by atoms with van der Waals surface area (Å²) in [5, 5.41) is 0. The van der Waals surface area contributed by atoms with Gasteiger partial charge in [0, 0.05) is 0 Å². The maximum atomic E-state index is 5.85. The van der Waals surface area contributed by atoms with E-state index in [1.165, 1.54) is 12.0 Å². The van der Waals surface area contributed by atoms with Gasteiger partial charge in [0.25, 0.3) is 0 Å². The summed E-state index contributed by atoms with van der Waals surface area (Å²) in [6, 6.07) is 8.38. The fourth-order valence-electron chi connectivity index (χ4n) is 2.06. The fraction of sp³-hybridized carbons (Fsp3) is 0.571. The third-order valence-corrected chi connectivity index (χ3v) is 3.12. The van der Waals surface area contributed by atoms with Crippen LogP contribution in [0, 0.1) is 11.8 Å². The number of benzene rings is 1. The molecule has 0 heterocycles. The normalized spacial score (nSPS) is 23.5. The Bertz CT molecular complexity index is 348. The number of para-hydroxylation sites is 1. The van der Waals surface area contributed by atoms with Crippen molar-refractivity contribution in [3.05, 3.63) is 29.8 Å². The Morgan fingerprint density at radius 2 is 2.12 bits per heavy atom. The predicted octanol–water partition coefficient (Wildman–Crippen LogP) is 2.78. The van der Waals surface area contributed by atoms with E-state index in [2.05, 4.69) is 32.0 Å². The first kappa shape index (κ1) is 11.5. The number of hydrogen-bond donors (Lipinski definition) is 1. The second-order valence-corrected chi connectivity index (χ2v) is 5.08. The number of rotatable bonds is 5. The lowest BCUT2D eigenvalue weighted by molar-refractivity contribution is 0.268. The SMILES string of the molecule is CC(C)COc1ccccc1[C@@H]1C[C@H]1CN. The van der Waals surface area contributed by atoms with Gasteiger partial charge in [0.1, 0.15) is 5.75 Å². The summed E-state index contributed by atoms with van der Waals surface area (Å²) in [6.45, 7) is 5.92. The Labute approximate surface area is 97.8 Å². The van der Waals surface area contributed by atoms with Crippen LogP contribution in [0.3, 0.4) is 0 Å². The van der Waals surface area contributed by atoms with E-state index in [-0.39, 0.29) is 0 Å². The van der Waals surface area contributed by atoms with Gasteiger partial charge >= 0.3 is 0 Å². The van der Waals surface area contributed by atoms with Crippen molar-refractivity contribution in [3.8, 4) is 5.75 Å². The Hall–Kier alpha value is -1.02. The van der Waals surface area contributed by atoms with Crippen molar-refractivity contribution in [1.29, 1.82) is 0 Å². The van der Waals surface area contributed by atoms with Gasteiger partial charge in [-0.15, -0.1) is 0 Å². The highest BCUT2D eigenvalue weighted by atomic mass is 16.5. The summed E-state index contributed by atoms with van der Waals surface area (Å²) >= 11 is 0. The maximum absolute atomic E-state index is 5.85. The smallest absolute Gasteiger partial charge is 0.122 e. The zero-order chi connectivity index (χ0) is 11.5. The predicted molar refractivity (Wildman–Crippen MR) is 66.7 cm³/mol. The van der Waals surface area contributed by atoms with Gasteiger partial charge in [-0.3, -0.25) is 0 Å². The first-order chi connectivity index (χ1) is 7.72. The van der Waals surface area contributed by atoms with E-state index in [0.717, 1.165) is 18.9 Å². The average Bonchev–Trinajstić information content (AvgIpc) is 3.06. The molecule has 0 saturated heterocycles. The molecule has 0 aliphatic heterocycles. The van der Waals surface area contributed by atoms with Crippen LogP contribution in [0.2, 0.25) is 0 Å². The molecular weight excluding hydrogens is 198 g/mol. The molecule has 0 bridgehead atoms. The zero-order valence-electron chi connectivity index (χ0n) is 10.1. The lowest BCUT2D eigenvalue weighted by atomic mass is 10.1. The van der Waals surface area contributed by atoms with Crippen molar-refractivity contribution >= 4 is 0 Å². The lowest BCUT2D eigenvalue weighted by Crippen LogP contribution is -2.07. The minimum Gasteiger partial charge on any atom is -0.493 e. The topological polar surface area (TPSA) is 35.2 Å². The summed E-state index contributed by atoms with van der Waals surface area (Å²) in [7, 11) is 0. The molecule has 1 aromatic rings. The molecule has 0 radical (unpaired) electrons. The summed E-state index contributed by atoms with van der Waals surface area (Å²) < 4.78 is 5.85. The summed E-state index contributed by atoms with van der Waals surface area (Å²) in [5.41, 5.74) is 7.04. The molecule has 0 spiro atoms. The molecule has 88 valence electrons. The van der Waals surface area contributed by atoms with Crippen molar-refractivity contribution in [2.24, 2.45) is 17.6 Å². The van der Waals surface area contributed by atoms with Crippen LogP contribution in [0.1, 0.15) is 31.7 Å². The molecule has 0 amide bonds. The van der Waals surface area contributed by atoms with E-state index in [1.807, 2.05) is 6.07 Å². The summed E-state index contributed by atoms with van der Waals surface area (Å²) in [6.07, 6.45) is 1.22. The first-order valence-corrected chi connectivity index (χ1v) is 6.14. The van der Waals surface area contributed by atoms with Gasteiger partial charge in [-0.1, -0.05) is 32.0 Å². The Morgan fingerprint density at radius 3 is 2.75 bits per heavy atom. The van der Waals surface area contributed by atoms with E-state index in [9.17, 15) is 0 Å². The van der Waals surface area contributed by atoms with Crippen LogP contribution < -0.4 is 10.5 Å². The lowest BCUT2D eigenvalue weighted by Gasteiger charge is -2.12. The van der Waals surface area contributed by atoms with Crippen molar-refractivity contribution in [2.75, 3.05) is 13.2 Å². The van der Waals surface area contributed by atoms with Crippen molar-refractivity contribution in [2.45, 2.75) is 26.2 Å². The van der Waals surface area contributed by atoms with Crippen LogP contribution in [0.4, 0.5) is 0 Å². The number of hydrogen-bond acceptors (Lipinski definition) is 2. The molecule has 1 aliphatic rings. The largest absolute Gasteiger partial charge is 0.493 e. The minimum atomic E-state index is 0.567. The van der Waals surface area contributed by atoms with Crippen LogP contribution in [-0.4, -0.2) is 13.2 Å². The van der Waals surface area contributed by atoms with Gasteiger partial charge in [0.05, 0.1) is 6.61 Å². The molecule has 1 fully saturated rings. The van der Waals surface area contributed by atoms with E-state index < -0.39 is 0 Å². The Balaban J connectivity index is 2.06. The van der Waals surface area contributed by atoms with Crippen LogP contribution in [-0.2, 0) is 0 Å². The van der Waals surface area contributed by atoms with Gasteiger partial charge in [-0.2, -0.15) is 0 Å². The zero-order valence-corrected chi connectivity index (χ0v) is 10.1. The summed E-state index contributed by atoms with van der Waals surface area (Å²) in [4.78, 5) is 0. The van der Waals surface area contributed by atoms with E-state index in [4.69, 9.17) is 10.5 Å². The molecule has 2 atom stereocenters. The molecule has 1 aliphatic carbocycles. The molecule has 1 saturated carbocycles. The monoisotopic (exact) mass is 219 g/mol. The van der Waals surface area contributed by atoms with Crippen molar-refractivity contribution < 1.29 is 4.74 Å². The fourth-order valence-corrected chi connectivity index (χ4v) is 2.06. The number of ether oxygens (including phenoxy) is 1. The highest BCUT2D eigenvalue weighted by Crippen LogP contribution is 2.49. The molecule has 0 aromatic heterocycles. The molecular formula is C14H21NO. The molecule has 2 rings (SSSR count). The first-order valence-electron chi connectivity index (χ1n) is 6.14. The van der Waals surface area contributed by atoms with Gasteiger partial charge < -0.3 is 10.5 Å². The van der Waals surface area contributed by atoms with Crippen LogP contribution in [0.15, 0.2) is 24.3 Å². The van der Waals surface area contributed by atoms with E-state index >= 15 is 0 Å². The minimum absolute atomic E-state index is 0.567. The van der Waals surface area contributed by atoms with Crippen molar-refractivity contribution in [3.63, 3.8) is 0 Å². The highest BCUT2D eigenvalue weighted by molar-refractivity contribution is 5.39. The standard InChI is InChI=1S/C14H21NO/c1-10(2)9-16-14-6-4-3-5-12(14)13-7-11(13)8-15/h3-6,10-11,13H,7-9,15H2,1-2H3/t11-,13+/m0/s1. The maximum Gasteiger partial charge on any atom is 0.122 e. The van der Waals surface area contributed by atoms with Crippen LogP contribution in [0.25, 0.3) is 0 Å². The van der Waals surface area contributed by atoms with E-state index in [0.29, 0.717) is 17.8 Å². The molecule has 2 heteroatoms. The van der Waals surface area contributed by atoms with Crippen molar-refractivity contribution in [1.82, 2.24) is 0 Å². The van der Waals surface area contributed by atoms with Gasteiger partial charge in [-0.05, 0) is 42.3 Å².